The molecule has 0 fully saturated rings. The number of nitrogens with zero attached hydrogens (tertiary/aromatic N) is 1. The van der Waals surface area contributed by atoms with Crippen molar-refractivity contribution in [2.24, 2.45) is 0 Å². The largest absolute Gasteiger partial charge is 0.449 e. The van der Waals surface area contributed by atoms with E-state index in [2.05, 4.69) is 5.32 Å². The average Bonchev–Trinajstić information content (AvgIpc) is 2.68. The van der Waals surface area contributed by atoms with E-state index in [1.165, 1.54) is 33.2 Å². The van der Waals surface area contributed by atoms with Crippen LogP contribution in [0.15, 0.2) is 53.4 Å². The number of hydrogen-bond acceptors (Lipinski definition) is 6. The normalized spacial score (nSPS) is 12.2. The van der Waals surface area contributed by atoms with Crippen LogP contribution in [0, 0.1) is 0 Å². The molecule has 0 spiro atoms. The van der Waals surface area contributed by atoms with E-state index in [1.54, 1.807) is 30.3 Å². The second kappa shape index (κ2) is 9.70. The van der Waals surface area contributed by atoms with Gasteiger partial charge in [-0.25, -0.2) is 22.3 Å². The van der Waals surface area contributed by atoms with Gasteiger partial charge >= 0.3 is 12.0 Å². The molecule has 0 aliphatic rings. The topological polar surface area (TPSA) is 122 Å². The van der Waals surface area contributed by atoms with Crippen molar-refractivity contribution in [3.8, 4) is 0 Å². The lowest BCUT2D eigenvalue weighted by molar-refractivity contribution is -0.127. The van der Waals surface area contributed by atoms with Gasteiger partial charge in [0.25, 0.3) is 5.91 Å². The van der Waals surface area contributed by atoms with E-state index >= 15 is 0 Å². The molecule has 3 amide bonds. The molecule has 0 saturated heterocycles. The number of carbonyl (C=O) groups excluding carboxylic acids is 3. The van der Waals surface area contributed by atoms with Crippen molar-refractivity contribution in [1.82, 2.24) is 9.62 Å². The van der Waals surface area contributed by atoms with Crippen LogP contribution in [0.25, 0.3) is 0 Å². The predicted octanol–water partition coefficient (Wildman–Crippen LogP) is 2.48. The summed E-state index contributed by atoms with van der Waals surface area (Å²) in [4.78, 5) is 36.3. The lowest BCUT2D eigenvalue weighted by Crippen LogP contribution is -2.41. The smallest absolute Gasteiger partial charge is 0.340 e. The number of nitrogens with one attached hydrogen (secondary N) is 2. The van der Waals surface area contributed by atoms with E-state index < -0.39 is 34.0 Å². The van der Waals surface area contributed by atoms with Crippen LogP contribution in [0.3, 0.4) is 0 Å². The fraction of sp³-hybridized carbons (Fsp3) is 0.211. The minimum Gasteiger partial charge on any atom is -0.449 e. The van der Waals surface area contributed by atoms with Crippen molar-refractivity contribution >= 4 is 45.2 Å². The quantitative estimate of drug-likeness (QED) is 0.648. The number of sulfonamides is 1. The molecule has 0 aliphatic carbocycles. The van der Waals surface area contributed by atoms with Gasteiger partial charge in [-0.15, -0.1) is 0 Å². The molecule has 30 heavy (non-hydrogen) atoms. The number of halogens is 1. The highest BCUT2D eigenvalue weighted by Crippen LogP contribution is 2.23. The van der Waals surface area contributed by atoms with Gasteiger partial charge < -0.3 is 10.1 Å². The Morgan fingerprint density at radius 2 is 1.70 bits per heavy atom. The summed E-state index contributed by atoms with van der Waals surface area (Å²) in [6, 6.07) is 11.2. The van der Waals surface area contributed by atoms with Crippen LogP contribution in [0.1, 0.15) is 17.3 Å². The summed E-state index contributed by atoms with van der Waals surface area (Å²) < 4.78 is 30.5. The van der Waals surface area contributed by atoms with E-state index in [4.69, 9.17) is 16.3 Å². The number of anilines is 1. The Morgan fingerprint density at radius 1 is 1.07 bits per heavy atom. The molecule has 2 N–H and O–H groups in total. The third-order valence-corrected chi connectivity index (χ3v) is 6.00. The van der Waals surface area contributed by atoms with Crippen LogP contribution in [0.2, 0.25) is 5.02 Å². The number of hydrogen-bond donors (Lipinski definition) is 2. The predicted molar refractivity (Wildman–Crippen MR) is 111 cm³/mol. The van der Waals surface area contributed by atoms with E-state index in [1.807, 2.05) is 5.32 Å². The number of imide groups is 1. The van der Waals surface area contributed by atoms with Crippen molar-refractivity contribution in [2.75, 3.05) is 19.4 Å². The molecule has 2 aromatic carbocycles. The maximum absolute atomic E-state index is 12.4. The first-order chi connectivity index (χ1) is 14.0. The lowest BCUT2D eigenvalue weighted by Gasteiger charge is -2.15. The Morgan fingerprint density at radius 3 is 2.30 bits per heavy atom. The van der Waals surface area contributed by atoms with Crippen LogP contribution >= 0.6 is 11.6 Å². The van der Waals surface area contributed by atoms with Gasteiger partial charge in [-0.05, 0) is 37.3 Å². The van der Waals surface area contributed by atoms with Crippen molar-refractivity contribution < 1.29 is 27.5 Å². The third-order valence-electron chi connectivity index (χ3n) is 3.86. The highest BCUT2D eigenvalue weighted by Gasteiger charge is 2.25. The summed E-state index contributed by atoms with van der Waals surface area (Å²) in [6.45, 7) is 1.26. The first kappa shape index (κ1) is 23.3. The number of rotatable bonds is 6. The van der Waals surface area contributed by atoms with E-state index in [0.29, 0.717) is 5.69 Å². The lowest BCUT2D eigenvalue weighted by atomic mass is 10.2. The van der Waals surface area contributed by atoms with Crippen LogP contribution in [0.4, 0.5) is 10.5 Å². The monoisotopic (exact) mass is 453 g/mol. The van der Waals surface area contributed by atoms with Gasteiger partial charge in [-0.3, -0.25) is 10.1 Å². The maximum atomic E-state index is 12.4. The maximum Gasteiger partial charge on any atom is 0.340 e. The van der Waals surface area contributed by atoms with E-state index in [9.17, 15) is 22.8 Å². The molecule has 2 rings (SSSR count). The number of ether oxygens (including phenoxy) is 1. The van der Waals surface area contributed by atoms with Crippen molar-refractivity contribution in [3.05, 3.63) is 59.1 Å². The summed E-state index contributed by atoms with van der Waals surface area (Å²) in [5.74, 6) is -1.88. The zero-order valence-electron chi connectivity index (χ0n) is 16.4. The zero-order valence-corrected chi connectivity index (χ0v) is 18.0. The second-order valence-corrected chi connectivity index (χ2v) is 8.85. The number of amides is 3. The van der Waals surface area contributed by atoms with Crippen molar-refractivity contribution in [3.63, 3.8) is 0 Å². The minimum atomic E-state index is -3.81. The fourth-order valence-electron chi connectivity index (χ4n) is 2.21. The van der Waals surface area contributed by atoms with Gasteiger partial charge in [-0.2, -0.15) is 0 Å². The molecule has 160 valence electrons. The molecule has 1 atom stereocenters. The summed E-state index contributed by atoms with van der Waals surface area (Å²) >= 11 is 5.98. The molecule has 0 aliphatic heterocycles. The average molecular weight is 454 g/mol. The van der Waals surface area contributed by atoms with Crippen molar-refractivity contribution in [1.29, 1.82) is 0 Å². The third kappa shape index (κ3) is 5.78. The SMILES string of the molecule is CC(OC(=O)c1cc(S(=O)(=O)N(C)C)ccc1Cl)C(=O)NC(=O)Nc1ccccc1. The summed E-state index contributed by atoms with van der Waals surface area (Å²) in [5.41, 5.74) is 0.242. The standard InChI is InChI=1S/C19H20ClN3O6S/c1-12(17(24)22-19(26)21-13-7-5-4-6-8-13)29-18(25)15-11-14(9-10-16(15)20)30(27,28)23(2)3/h4-12H,1-3H3,(H2,21,22,24,26). The summed E-state index contributed by atoms with van der Waals surface area (Å²) in [5, 5.41) is 4.45. The van der Waals surface area contributed by atoms with Gasteiger partial charge in [-0.1, -0.05) is 29.8 Å². The number of para-hydroxylation sites is 1. The molecule has 11 heteroatoms. The highest BCUT2D eigenvalue weighted by molar-refractivity contribution is 7.89. The molecule has 1 unspecified atom stereocenters. The molecule has 0 radical (unpaired) electrons. The van der Waals surface area contributed by atoms with Crippen LogP contribution in [-0.2, 0) is 19.6 Å². The molecular weight excluding hydrogens is 434 g/mol. The Bertz CT molecular complexity index is 1060. The Balaban J connectivity index is 2.06. The van der Waals surface area contributed by atoms with Gasteiger partial charge in [0.15, 0.2) is 6.10 Å². The summed E-state index contributed by atoms with van der Waals surface area (Å²) in [6.07, 6.45) is -1.34. The second-order valence-electron chi connectivity index (χ2n) is 6.29. The molecule has 0 aromatic heterocycles. The molecule has 9 nitrogen and oxygen atoms in total. The molecule has 0 bridgehead atoms. The van der Waals surface area contributed by atoms with Gasteiger partial charge in [0.1, 0.15) is 0 Å². The number of benzene rings is 2. The van der Waals surface area contributed by atoms with Gasteiger partial charge in [0.2, 0.25) is 10.0 Å². The van der Waals surface area contributed by atoms with Crippen LogP contribution in [-0.4, -0.2) is 50.8 Å². The first-order valence-electron chi connectivity index (χ1n) is 8.62. The number of urea groups is 1. The molecule has 2 aromatic rings. The van der Waals surface area contributed by atoms with Crippen LogP contribution in [0.5, 0.6) is 0 Å². The molecule has 0 heterocycles. The fourth-order valence-corrected chi connectivity index (χ4v) is 3.33. The Kier molecular flexibility index (Phi) is 7.54. The number of carbonyl (C=O) groups is 3. The molecule has 0 saturated carbocycles. The molecular formula is C19H20ClN3O6S. The van der Waals surface area contributed by atoms with Gasteiger partial charge in [0, 0.05) is 19.8 Å². The number of esters is 1. The minimum absolute atomic E-state index is 0.0489. The van der Waals surface area contributed by atoms with Gasteiger partial charge in [0.05, 0.1) is 15.5 Å². The Hall–Kier alpha value is -2.95. The zero-order chi connectivity index (χ0) is 22.5. The summed E-state index contributed by atoms with van der Waals surface area (Å²) in [7, 11) is -1.12. The van der Waals surface area contributed by atoms with E-state index in [-0.39, 0.29) is 15.5 Å². The van der Waals surface area contributed by atoms with Crippen molar-refractivity contribution in [2.45, 2.75) is 17.9 Å². The Labute approximate surface area is 179 Å². The first-order valence-corrected chi connectivity index (χ1v) is 10.4. The highest BCUT2D eigenvalue weighted by atomic mass is 35.5. The van der Waals surface area contributed by atoms with E-state index in [0.717, 1.165) is 10.4 Å². The van der Waals surface area contributed by atoms with Crippen LogP contribution < -0.4 is 10.6 Å².